The summed E-state index contributed by atoms with van der Waals surface area (Å²) in [6, 6.07) is 2.04. The van der Waals surface area contributed by atoms with E-state index in [1.807, 2.05) is 4.90 Å². The van der Waals surface area contributed by atoms with E-state index in [1.165, 1.54) is 12.8 Å². The van der Waals surface area contributed by atoms with Crippen LogP contribution in [-0.4, -0.2) is 65.4 Å². The van der Waals surface area contributed by atoms with E-state index in [0.717, 1.165) is 44.9 Å². The van der Waals surface area contributed by atoms with Crippen molar-refractivity contribution in [2.75, 3.05) is 32.7 Å². The number of hydrogen-bond donors (Lipinski definition) is 2. The predicted octanol–water partition coefficient (Wildman–Crippen LogP) is 2.74. The molecule has 3 heterocycles. The summed E-state index contributed by atoms with van der Waals surface area (Å²) in [6.07, 6.45) is 6.23. The average molecular weight is 375 g/mol. The summed E-state index contributed by atoms with van der Waals surface area (Å²) in [7, 11) is 0. The lowest BCUT2D eigenvalue weighted by molar-refractivity contribution is 0.0787. The normalized spacial score (nSPS) is 20.2. The molecule has 2 N–H and O–H groups in total. The van der Waals surface area contributed by atoms with Crippen LogP contribution >= 0.6 is 0 Å². The molecule has 150 valence electrons. The minimum absolute atomic E-state index is 0.00552. The second-order valence-electron chi connectivity index (χ2n) is 8.54. The van der Waals surface area contributed by atoms with E-state index in [-0.39, 0.29) is 11.8 Å². The van der Waals surface area contributed by atoms with Crippen molar-refractivity contribution < 1.29 is 9.59 Å². The molecular formula is C21H34N4O2. The molecule has 0 spiro atoms. The fourth-order valence-corrected chi connectivity index (χ4v) is 4.19. The SMILES string of the molecule is CC1CCN([C@H](CNC(=O)c2c[nH]c(C(=O)N3CCCC3)c2)C(C)C)CC1. The molecule has 0 radical (unpaired) electrons. The Morgan fingerprint density at radius 2 is 1.85 bits per heavy atom. The number of piperidine rings is 1. The number of likely N-dealkylation sites (tertiary alicyclic amines) is 2. The molecule has 0 aliphatic carbocycles. The zero-order valence-electron chi connectivity index (χ0n) is 17.0. The third kappa shape index (κ3) is 4.92. The number of aromatic nitrogens is 1. The number of carbonyl (C=O) groups excluding carboxylic acids is 2. The third-order valence-corrected chi connectivity index (χ3v) is 6.10. The molecule has 6 heteroatoms. The molecule has 2 fully saturated rings. The highest BCUT2D eigenvalue weighted by atomic mass is 16.2. The van der Waals surface area contributed by atoms with Crippen LogP contribution in [0.15, 0.2) is 12.3 Å². The van der Waals surface area contributed by atoms with Crippen LogP contribution in [-0.2, 0) is 0 Å². The second kappa shape index (κ2) is 8.91. The van der Waals surface area contributed by atoms with Crippen LogP contribution in [0.5, 0.6) is 0 Å². The van der Waals surface area contributed by atoms with Crippen molar-refractivity contribution in [2.24, 2.45) is 11.8 Å². The summed E-state index contributed by atoms with van der Waals surface area (Å²) in [5, 5.41) is 3.09. The first kappa shape index (κ1) is 19.9. The average Bonchev–Trinajstić information content (AvgIpc) is 3.34. The van der Waals surface area contributed by atoms with Crippen molar-refractivity contribution in [3.8, 4) is 0 Å². The highest BCUT2D eigenvalue weighted by molar-refractivity contribution is 5.99. The number of hydrogen-bond acceptors (Lipinski definition) is 3. The lowest BCUT2D eigenvalue weighted by Crippen LogP contribution is -2.49. The first-order valence-corrected chi connectivity index (χ1v) is 10.5. The van der Waals surface area contributed by atoms with Crippen LogP contribution < -0.4 is 5.32 Å². The Bertz CT molecular complexity index is 640. The predicted molar refractivity (Wildman–Crippen MR) is 107 cm³/mol. The molecule has 3 rings (SSSR count). The number of rotatable bonds is 6. The van der Waals surface area contributed by atoms with Crippen molar-refractivity contribution >= 4 is 11.8 Å². The Morgan fingerprint density at radius 3 is 2.48 bits per heavy atom. The van der Waals surface area contributed by atoms with Gasteiger partial charge in [0.05, 0.1) is 5.56 Å². The number of aromatic amines is 1. The number of carbonyl (C=O) groups is 2. The minimum Gasteiger partial charge on any atom is -0.356 e. The van der Waals surface area contributed by atoms with Crippen LogP contribution in [0, 0.1) is 11.8 Å². The van der Waals surface area contributed by atoms with Gasteiger partial charge in [0.1, 0.15) is 5.69 Å². The van der Waals surface area contributed by atoms with Crippen molar-refractivity contribution in [3.05, 3.63) is 23.5 Å². The van der Waals surface area contributed by atoms with E-state index in [1.54, 1.807) is 12.3 Å². The Labute approximate surface area is 162 Å². The minimum atomic E-state index is -0.109. The van der Waals surface area contributed by atoms with Crippen LogP contribution in [0.2, 0.25) is 0 Å². The molecule has 0 bridgehead atoms. The van der Waals surface area contributed by atoms with E-state index in [9.17, 15) is 9.59 Å². The van der Waals surface area contributed by atoms with Gasteiger partial charge in [-0.15, -0.1) is 0 Å². The van der Waals surface area contributed by atoms with Crippen molar-refractivity contribution in [1.29, 1.82) is 0 Å². The van der Waals surface area contributed by atoms with E-state index < -0.39 is 0 Å². The van der Waals surface area contributed by atoms with Crippen molar-refractivity contribution in [1.82, 2.24) is 20.1 Å². The molecule has 0 aromatic carbocycles. The van der Waals surface area contributed by atoms with Gasteiger partial charge >= 0.3 is 0 Å². The molecule has 2 aliphatic rings. The van der Waals surface area contributed by atoms with Crippen molar-refractivity contribution in [2.45, 2.75) is 52.5 Å². The summed E-state index contributed by atoms with van der Waals surface area (Å²) >= 11 is 0. The first-order valence-electron chi connectivity index (χ1n) is 10.5. The maximum absolute atomic E-state index is 12.6. The largest absolute Gasteiger partial charge is 0.356 e. The lowest BCUT2D eigenvalue weighted by Gasteiger charge is -2.38. The monoisotopic (exact) mass is 374 g/mol. The third-order valence-electron chi connectivity index (χ3n) is 6.10. The Kier molecular flexibility index (Phi) is 6.58. The fourth-order valence-electron chi connectivity index (χ4n) is 4.19. The van der Waals surface area contributed by atoms with Gasteiger partial charge in [-0.25, -0.2) is 0 Å². The molecule has 0 unspecified atom stereocenters. The van der Waals surface area contributed by atoms with Gasteiger partial charge in [-0.1, -0.05) is 20.8 Å². The van der Waals surface area contributed by atoms with Gasteiger partial charge < -0.3 is 15.2 Å². The summed E-state index contributed by atoms with van der Waals surface area (Å²) in [6.45, 7) is 11.2. The second-order valence-corrected chi connectivity index (χ2v) is 8.54. The smallest absolute Gasteiger partial charge is 0.270 e. The Hall–Kier alpha value is -1.82. The van der Waals surface area contributed by atoms with Gasteiger partial charge in [0.15, 0.2) is 0 Å². The van der Waals surface area contributed by atoms with E-state index >= 15 is 0 Å². The zero-order chi connectivity index (χ0) is 19.4. The molecule has 2 amide bonds. The van der Waals surface area contributed by atoms with Gasteiger partial charge in [-0.2, -0.15) is 0 Å². The molecule has 1 aromatic heterocycles. The fraction of sp³-hybridized carbons (Fsp3) is 0.714. The standard InChI is InChI=1S/C21H34N4O2/c1-15(2)19(24-10-6-16(3)7-11-24)14-23-20(26)17-12-18(22-13-17)21(27)25-8-4-5-9-25/h12-13,15-16,19,22H,4-11,14H2,1-3H3,(H,23,26)/t19-/m1/s1. The van der Waals surface area contributed by atoms with Gasteiger partial charge in [0.2, 0.25) is 0 Å². The summed E-state index contributed by atoms with van der Waals surface area (Å²) < 4.78 is 0. The topological polar surface area (TPSA) is 68.4 Å². The Balaban J connectivity index is 1.55. The number of nitrogens with zero attached hydrogens (tertiary/aromatic N) is 2. The Morgan fingerprint density at radius 1 is 1.19 bits per heavy atom. The first-order chi connectivity index (χ1) is 13.0. The van der Waals surface area contributed by atoms with Gasteiger partial charge in [-0.05, 0) is 56.7 Å². The van der Waals surface area contributed by atoms with Crippen molar-refractivity contribution in [3.63, 3.8) is 0 Å². The highest BCUT2D eigenvalue weighted by Gasteiger charge is 2.26. The highest BCUT2D eigenvalue weighted by Crippen LogP contribution is 2.21. The molecule has 2 aliphatic heterocycles. The molecule has 2 saturated heterocycles. The van der Waals surface area contributed by atoms with Gasteiger partial charge in [0.25, 0.3) is 11.8 Å². The molecule has 0 saturated carbocycles. The van der Waals surface area contributed by atoms with Crippen LogP contribution in [0.1, 0.15) is 67.3 Å². The lowest BCUT2D eigenvalue weighted by atomic mass is 9.94. The van der Waals surface area contributed by atoms with E-state index in [2.05, 4.69) is 36.0 Å². The summed E-state index contributed by atoms with van der Waals surface area (Å²) in [5.41, 5.74) is 1.04. The van der Waals surface area contributed by atoms with Crippen LogP contribution in [0.3, 0.4) is 0 Å². The quantitative estimate of drug-likeness (QED) is 0.804. The zero-order valence-corrected chi connectivity index (χ0v) is 17.0. The summed E-state index contributed by atoms with van der Waals surface area (Å²) in [4.78, 5) is 32.4. The maximum Gasteiger partial charge on any atom is 0.270 e. The van der Waals surface area contributed by atoms with E-state index in [4.69, 9.17) is 0 Å². The molecule has 1 aromatic rings. The number of nitrogens with one attached hydrogen (secondary N) is 2. The van der Waals surface area contributed by atoms with Crippen LogP contribution in [0.4, 0.5) is 0 Å². The van der Waals surface area contributed by atoms with E-state index in [0.29, 0.717) is 29.8 Å². The molecule has 6 nitrogen and oxygen atoms in total. The summed E-state index contributed by atoms with van der Waals surface area (Å²) in [5.74, 6) is 1.17. The number of H-pyrrole nitrogens is 1. The van der Waals surface area contributed by atoms with Crippen LogP contribution in [0.25, 0.3) is 0 Å². The molecule has 1 atom stereocenters. The van der Waals surface area contributed by atoms with Gasteiger partial charge in [-0.3, -0.25) is 14.5 Å². The molecular weight excluding hydrogens is 340 g/mol. The number of amides is 2. The van der Waals surface area contributed by atoms with Gasteiger partial charge in [0, 0.05) is 31.9 Å². The molecule has 27 heavy (non-hydrogen) atoms. The maximum atomic E-state index is 12.6.